The molecule has 0 aromatic heterocycles. The summed E-state index contributed by atoms with van der Waals surface area (Å²) in [6.45, 7) is 3.65. The molecule has 0 aromatic rings. The fourth-order valence-electron chi connectivity index (χ4n) is 0.244. The zero-order valence-electron chi connectivity index (χ0n) is 4.46. The second-order valence-corrected chi connectivity index (χ2v) is 3.69. The molecule has 1 unspecified atom stereocenters. The summed E-state index contributed by atoms with van der Waals surface area (Å²) in [5.74, 6) is 5.52. The smallest absolute Gasteiger partial charge is 0.106 e. The van der Waals surface area contributed by atoms with Crippen LogP contribution in [0, 0.1) is 11.8 Å². The largest absolute Gasteiger partial charge is 0.106 e. The molecule has 0 nitrogen and oxygen atoms in total. The van der Waals surface area contributed by atoms with Crippen LogP contribution in [0.4, 0.5) is 0 Å². The van der Waals surface area contributed by atoms with Crippen molar-refractivity contribution >= 4 is 30.4 Å². The third kappa shape index (κ3) is 6.35. The normalized spacial score (nSPS) is 16.4. The lowest BCUT2D eigenvalue weighted by atomic mass is 9.90. The van der Waals surface area contributed by atoms with Gasteiger partial charge in [0, 0.05) is 3.32 Å². The molecule has 0 bridgehead atoms. The molecule has 0 saturated carbocycles. The van der Waals surface area contributed by atoms with Crippen molar-refractivity contribution in [1.29, 1.82) is 0 Å². The van der Waals surface area contributed by atoms with Gasteiger partial charge < -0.3 is 0 Å². The van der Waals surface area contributed by atoms with Gasteiger partial charge in [-0.05, 0) is 13.8 Å². The van der Waals surface area contributed by atoms with Crippen molar-refractivity contribution in [3.63, 3.8) is 0 Å². The Balaban J connectivity index is 3.72. The van der Waals surface area contributed by atoms with Gasteiger partial charge in [-0.25, -0.2) is 0 Å². The summed E-state index contributed by atoms with van der Waals surface area (Å²) in [7, 11) is 5.46. The topological polar surface area (TPSA) is 0 Å². The van der Waals surface area contributed by atoms with Crippen molar-refractivity contribution in [2.75, 3.05) is 0 Å². The lowest BCUT2D eigenvalue weighted by molar-refractivity contribution is 1.24. The number of halogens is 1. The van der Waals surface area contributed by atoms with Gasteiger partial charge in [0.1, 0.15) is 7.85 Å². The standard InChI is InChI=1S/C5H6BI/c1-3-4-5(2,6)7/h1-2H3. The summed E-state index contributed by atoms with van der Waals surface area (Å²) in [6.07, 6.45) is 0. The summed E-state index contributed by atoms with van der Waals surface area (Å²) in [6, 6.07) is 0. The SMILES string of the molecule is [B]C(C)(I)C#CC. The van der Waals surface area contributed by atoms with Gasteiger partial charge in [-0.15, -0.1) is 5.92 Å². The van der Waals surface area contributed by atoms with E-state index in [0.717, 1.165) is 0 Å². The average molecular weight is 204 g/mol. The molecule has 2 radical (unpaired) electrons. The highest BCUT2D eigenvalue weighted by molar-refractivity contribution is 14.1. The zero-order chi connectivity index (χ0) is 5.91. The van der Waals surface area contributed by atoms with Crippen LogP contribution >= 0.6 is 22.6 Å². The molecule has 7 heavy (non-hydrogen) atoms. The monoisotopic (exact) mass is 204 g/mol. The van der Waals surface area contributed by atoms with Crippen LogP contribution in [0.15, 0.2) is 0 Å². The van der Waals surface area contributed by atoms with Gasteiger partial charge in [0.2, 0.25) is 0 Å². The summed E-state index contributed by atoms with van der Waals surface area (Å²) < 4.78 is -0.341. The van der Waals surface area contributed by atoms with Gasteiger partial charge in [0.25, 0.3) is 0 Å². The Morgan fingerprint density at radius 2 is 2.14 bits per heavy atom. The quantitative estimate of drug-likeness (QED) is 0.241. The van der Waals surface area contributed by atoms with E-state index in [9.17, 15) is 0 Å². The van der Waals surface area contributed by atoms with Crippen molar-refractivity contribution in [2.24, 2.45) is 0 Å². The van der Waals surface area contributed by atoms with Gasteiger partial charge in [0.15, 0.2) is 0 Å². The van der Waals surface area contributed by atoms with Gasteiger partial charge in [-0.1, -0.05) is 28.5 Å². The van der Waals surface area contributed by atoms with E-state index in [1.165, 1.54) is 0 Å². The highest BCUT2D eigenvalue weighted by Gasteiger charge is 2.03. The molecule has 0 heterocycles. The van der Waals surface area contributed by atoms with Crippen LogP contribution in [-0.2, 0) is 0 Å². The first kappa shape index (κ1) is 7.35. The molecule has 1 atom stereocenters. The van der Waals surface area contributed by atoms with E-state index in [1.807, 2.05) is 6.92 Å². The summed E-state index contributed by atoms with van der Waals surface area (Å²) in [5.41, 5.74) is 0. The highest BCUT2D eigenvalue weighted by atomic mass is 127. The van der Waals surface area contributed by atoms with Gasteiger partial charge in [-0.3, -0.25) is 0 Å². The van der Waals surface area contributed by atoms with Crippen LogP contribution < -0.4 is 0 Å². The maximum atomic E-state index is 5.46. The molecule has 36 valence electrons. The molecule has 0 amide bonds. The Labute approximate surface area is 59.6 Å². The molecule has 0 N–H and O–H groups in total. The molecule has 0 aromatic carbocycles. The van der Waals surface area contributed by atoms with Crippen molar-refractivity contribution in [2.45, 2.75) is 17.2 Å². The zero-order valence-corrected chi connectivity index (χ0v) is 6.61. The first-order valence-electron chi connectivity index (χ1n) is 1.98. The minimum atomic E-state index is -0.341. The van der Waals surface area contributed by atoms with Gasteiger partial charge >= 0.3 is 0 Å². The van der Waals surface area contributed by atoms with Crippen molar-refractivity contribution in [3.8, 4) is 11.8 Å². The van der Waals surface area contributed by atoms with Crippen molar-refractivity contribution < 1.29 is 0 Å². The first-order chi connectivity index (χ1) is 3.06. The number of hydrogen-bond donors (Lipinski definition) is 0. The Kier molecular flexibility index (Phi) is 2.74. The molecule has 0 aliphatic heterocycles. The van der Waals surface area contributed by atoms with Gasteiger partial charge in [-0.2, -0.15) is 0 Å². The lowest BCUT2D eigenvalue weighted by Gasteiger charge is -2.03. The van der Waals surface area contributed by atoms with E-state index >= 15 is 0 Å². The van der Waals surface area contributed by atoms with Crippen molar-refractivity contribution in [1.82, 2.24) is 0 Å². The maximum absolute atomic E-state index is 5.46. The number of rotatable bonds is 0. The summed E-state index contributed by atoms with van der Waals surface area (Å²) >= 11 is 2.08. The number of hydrogen-bond acceptors (Lipinski definition) is 0. The third-order valence-corrected chi connectivity index (χ3v) is 0.639. The molecular formula is C5H6BI. The molecule has 0 aliphatic rings. The highest BCUT2D eigenvalue weighted by Crippen LogP contribution is 2.09. The van der Waals surface area contributed by atoms with E-state index in [4.69, 9.17) is 7.85 Å². The third-order valence-electron chi connectivity index (χ3n) is 0.369. The molecule has 2 heteroatoms. The minimum Gasteiger partial charge on any atom is -0.106 e. The fraction of sp³-hybridized carbons (Fsp3) is 0.600. The van der Waals surface area contributed by atoms with E-state index in [2.05, 4.69) is 34.4 Å². The van der Waals surface area contributed by atoms with Crippen LogP contribution in [0.1, 0.15) is 13.8 Å². The molecular weight excluding hydrogens is 198 g/mol. The average Bonchev–Trinajstić information content (AvgIpc) is 1.30. The van der Waals surface area contributed by atoms with E-state index in [0.29, 0.717) is 0 Å². The van der Waals surface area contributed by atoms with Crippen LogP contribution in [0.25, 0.3) is 0 Å². The Morgan fingerprint density at radius 1 is 1.71 bits per heavy atom. The first-order valence-corrected chi connectivity index (χ1v) is 3.06. The lowest BCUT2D eigenvalue weighted by Crippen LogP contribution is -2.10. The molecule has 0 fully saturated rings. The molecule has 0 spiro atoms. The second-order valence-electron chi connectivity index (χ2n) is 1.45. The second kappa shape index (κ2) is 2.61. The van der Waals surface area contributed by atoms with E-state index in [1.54, 1.807) is 6.92 Å². The Bertz CT molecular complexity index is 101. The van der Waals surface area contributed by atoms with Crippen LogP contribution in [0.5, 0.6) is 0 Å². The van der Waals surface area contributed by atoms with Crippen LogP contribution in [0.2, 0.25) is 0 Å². The fourth-order valence-corrected chi connectivity index (χ4v) is 0.514. The molecule has 0 aliphatic carbocycles. The summed E-state index contributed by atoms with van der Waals surface area (Å²) in [4.78, 5) is 0. The molecule has 0 rings (SSSR count). The van der Waals surface area contributed by atoms with E-state index < -0.39 is 0 Å². The van der Waals surface area contributed by atoms with Crippen LogP contribution in [0.3, 0.4) is 0 Å². The predicted octanol–water partition coefficient (Wildman–Crippen LogP) is 1.33. The minimum absolute atomic E-state index is 0.341. The van der Waals surface area contributed by atoms with Crippen LogP contribution in [-0.4, -0.2) is 11.2 Å². The molecule has 0 saturated heterocycles. The van der Waals surface area contributed by atoms with E-state index in [-0.39, 0.29) is 3.32 Å². The summed E-state index contributed by atoms with van der Waals surface area (Å²) in [5, 5.41) is 0. The van der Waals surface area contributed by atoms with Crippen molar-refractivity contribution in [3.05, 3.63) is 0 Å². The Morgan fingerprint density at radius 3 is 2.14 bits per heavy atom. The number of alkyl halides is 1. The Hall–Kier alpha value is 0.355. The maximum Gasteiger partial charge on any atom is 0.106 e. The van der Waals surface area contributed by atoms with Gasteiger partial charge in [0.05, 0.1) is 0 Å². The predicted molar refractivity (Wildman–Crippen MR) is 41.6 cm³/mol.